The number of anilines is 2. The number of thioether (sulfide) groups is 2. The van der Waals surface area contributed by atoms with Gasteiger partial charge >= 0.3 is 6.09 Å². The summed E-state index contributed by atoms with van der Waals surface area (Å²) in [6.45, 7) is 17.1. The fourth-order valence-corrected chi connectivity index (χ4v) is 9.72. The normalized spacial score (nSPS) is 13.8. The summed E-state index contributed by atoms with van der Waals surface area (Å²) in [6, 6.07) is 21.3. The van der Waals surface area contributed by atoms with Crippen LogP contribution in [0.15, 0.2) is 81.2 Å². The van der Waals surface area contributed by atoms with Crippen LogP contribution in [0.25, 0.3) is 0 Å². The summed E-state index contributed by atoms with van der Waals surface area (Å²) in [5.41, 5.74) is 5.88. The zero-order chi connectivity index (χ0) is 37.8. The van der Waals surface area contributed by atoms with Gasteiger partial charge in [-0.05, 0) is 92.5 Å². The molecule has 6 rings (SSSR count). The quantitative estimate of drug-likeness (QED) is 0.0866. The molecule has 1 amide bonds. The predicted molar refractivity (Wildman–Crippen MR) is 230 cm³/mol. The van der Waals surface area contributed by atoms with E-state index in [1.807, 2.05) is 86.2 Å². The minimum atomic E-state index is -0.480. The summed E-state index contributed by atoms with van der Waals surface area (Å²) >= 11 is 7.07. The molecule has 8 nitrogen and oxygen atoms in total. The highest BCUT2D eigenvalue weighted by molar-refractivity contribution is 7.99. The lowest BCUT2D eigenvalue weighted by atomic mass is 10.1. The topological polar surface area (TPSA) is 95.8 Å². The molecule has 0 radical (unpaired) electrons. The minimum absolute atomic E-state index is 0.251. The summed E-state index contributed by atoms with van der Waals surface area (Å²) in [6.07, 6.45) is 1.11. The van der Waals surface area contributed by atoms with E-state index in [4.69, 9.17) is 15.6 Å². The predicted octanol–water partition coefficient (Wildman–Crippen LogP) is 9.41. The molecule has 2 aliphatic heterocycles. The summed E-state index contributed by atoms with van der Waals surface area (Å²) < 4.78 is 5.53. The Balaban J connectivity index is 0.000000211. The van der Waals surface area contributed by atoms with Gasteiger partial charge in [0.2, 0.25) is 0 Å². The Kier molecular flexibility index (Phi) is 15.3. The number of ether oxygens (including phenoxy) is 1. The number of carbonyl (C=O) groups excluding carboxylic acids is 1. The molecule has 0 unspecified atom stereocenters. The first-order valence-electron chi connectivity index (χ1n) is 18.5. The Morgan fingerprint density at radius 1 is 0.811 bits per heavy atom. The second-order valence-corrected chi connectivity index (χ2v) is 18.1. The maximum absolute atomic E-state index is 12.4. The van der Waals surface area contributed by atoms with Gasteiger partial charge in [0.15, 0.2) is 0 Å². The molecule has 2 aliphatic rings. The third-order valence-corrected chi connectivity index (χ3v) is 12.8. The van der Waals surface area contributed by atoms with E-state index in [1.165, 1.54) is 32.3 Å². The van der Waals surface area contributed by atoms with Gasteiger partial charge in [-0.2, -0.15) is 0 Å². The molecule has 0 bridgehead atoms. The molecule has 2 aromatic carbocycles. The molecule has 4 heterocycles. The van der Waals surface area contributed by atoms with Gasteiger partial charge in [-0.3, -0.25) is 0 Å². The average Bonchev–Trinajstić information content (AvgIpc) is 3.88. The smallest absolute Gasteiger partial charge is 0.410 e. The molecule has 2 aromatic heterocycles. The van der Waals surface area contributed by atoms with Gasteiger partial charge in [0.05, 0.1) is 22.8 Å². The first kappa shape index (κ1) is 40.9. The molecule has 0 fully saturated rings. The number of amides is 1. The molecule has 0 atom stereocenters. The van der Waals surface area contributed by atoms with Crippen LogP contribution in [0.4, 0.5) is 16.2 Å². The van der Waals surface area contributed by atoms with Crippen molar-refractivity contribution in [2.24, 2.45) is 0 Å². The van der Waals surface area contributed by atoms with E-state index in [2.05, 4.69) is 58.4 Å². The Hall–Kier alpha value is -3.29. The van der Waals surface area contributed by atoms with Crippen LogP contribution in [0, 0.1) is 10.8 Å². The second kappa shape index (κ2) is 19.9. The standard InChI is InChI=1S/C23H31N3O2S2.C18H23N3S2/c1-5-25(22(27)28-23(2,3)4)10-11-26-12-14-30-21-16-17(8-9-19(21)26)15-18(24)20-7-6-13-29-20;1-2-20-7-8-21-9-11-23-18-13-14(5-6-16(18)21)12-15(19)17-4-3-10-22-17/h6-9,13,16,24H,5,10-12,14-15H2,1-4H3;3-6,10,13,19-20H,2,7-9,11-12H2,1H3. The summed E-state index contributed by atoms with van der Waals surface area (Å²) in [5, 5.41) is 24.1. The highest BCUT2D eigenvalue weighted by atomic mass is 32.2. The van der Waals surface area contributed by atoms with E-state index in [1.54, 1.807) is 27.6 Å². The number of hydrogen-bond acceptors (Lipinski definition) is 11. The van der Waals surface area contributed by atoms with Crippen LogP contribution in [-0.2, 0) is 17.6 Å². The van der Waals surface area contributed by atoms with Gasteiger partial charge < -0.3 is 35.6 Å². The van der Waals surface area contributed by atoms with E-state index < -0.39 is 5.60 Å². The number of nitrogens with zero attached hydrogens (tertiary/aromatic N) is 3. The Morgan fingerprint density at radius 3 is 1.79 bits per heavy atom. The van der Waals surface area contributed by atoms with Crippen molar-refractivity contribution in [3.8, 4) is 0 Å². The van der Waals surface area contributed by atoms with Crippen molar-refractivity contribution in [2.45, 2.75) is 62.9 Å². The van der Waals surface area contributed by atoms with Crippen LogP contribution in [-0.4, -0.2) is 91.9 Å². The van der Waals surface area contributed by atoms with Crippen molar-refractivity contribution in [1.29, 1.82) is 10.8 Å². The zero-order valence-electron chi connectivity index (χ0n) is 31.7. The number of thiophene rings is 2. The molecule has 0 aliphatic carbocycles. The molecule has 12 heteroatoms. The number of rotatable bonds is 14. The fourth-order valence-electron chi connectivity index (χ4n) is 6.15. The number of carbonyl (C=O) groups is 1. The molecule has 3 N–H and O–H groups in total. The number of likely N-dealkylation sites (N-methyl/N-ethyl adjacent to an activating group) is 2. The van der Waals surface area contributed by atoms with Crippen LogP contribution in [0.3, 0.4) is 0 Å². The first-order chi connectivity index (χ1) is 25.5. The van der Waals surface area contributed by atoms with Gasteiger partial charge in [0.25, 0.3) is 0 Å². The van der Waals surface area contributed by atoms with Gasteiger partial charge in [-0.1, -0.05) is 31.2 Å². The Labute approximate surface area is 332 Å². The molecular formula is C41H54N6O2S4. The lowest BCUT2D eigenvalue weighted by Crippen LogP contribution is -2.42. The minimum Gasteiger partial charge on any atom is -0.444 e. The van der Waals surface area contributed by atoms with Crippen LogP contribution in [0.1, 0.15) is 55.5 Å². The second-order valence-electron chi connectivity index (χ2n) is 14.0. The van der Waals surface area contributed by atoms with Crippen LogP contribution in [0.5, 0.6) is 0 Å². The average molecular weight is 791 g/mol. The van der Waals surface area contributed by atoms with Crippen LogP contribution >= 0.6 is 46.2 Å². The third-order valence-electron chi connectivity index (χ3n) is 8.85. The first-order valence-corrected chi connectivity index (χ1v) is 22.2. The van der Waals surface area contributed by atoms with Crippen molar-refractivity contribution >= 4 is 75.1 Å². The third kappa shape index (κ3) is 12.1. The number of hydrogen-bond donors (Lipinski definition) is 3. The molecule has 284 valence electrons. The molecule has 0 saturated heterocycles. The number of benzene rings is 2. The highest BCUT2D eigenvalue weighted by Gasteiger charge is 2.24. The molecule has 4 aromatic rings. The van der Waals surface area contributed by atoms with Crippen molar-refractivity contribution in [3.05, 3.63) is 92.3 Å². The van der Waals surface area contributed by atoms with Gasteiger partial charge in [0.1, 0.15) is 5.60 Å². The Bertz CT molecular complexity index is 1790. The van der Waals surface area contributed by atoms with Gasteiger partial charge in [-0.25, -0.2) is 4.79 Å². The van der Waals surface area contributed by atoms with E-state index in [0.717, 1.165) is 60.5 Å². The largest absolute Gasteiger partial charge is 0.444 e. The zero-order valence-corrected chi connectivity index (χ0v) is 35.0. The lowest BCUT2D eigenvalue weighted by molar-refractivity contribution is 0.0265. The van der Waals surface area contributed by atoms with Gasteiger partial charge in [-0.15, -0.1) is 46.2 Å². The maximum atomic E-state index is 12.4. The van der Waals surface area contributed by atoms with E-state index in [-0.39, 0.29) is 6.09 Å². The lowest BCUT2D eigenvalue weighted by Gasteiger charge is -2.33. The Morgan fingerprint density at radius 2 is 1.34 bits per heavy atom. The van der Waals surface area contributed by atoms with Crippen molar-refractivity contribution < 1.29 is 9.53 Å². The molecule has 53 heavy (non-hydrogen) atoms. The number of nitrogens with one attached hydrogen (secondary N) is 3. The molecule has 0 saturated carbocycles. The maximum Gasteiger partial charge on any atom is 0.410 e. The molecule has 0 spiro atoms. The summed E-state index contributed by atoms with van der Waals surface area (Å²) in [7, 11) is 0. The van der Waals surface area contributed by atoms with Crippen molar-refractivity contribution in [1.82, 2.24) is 10.2 Å². The highest BCUT2D eigenvalue weighted by Crippen LogP contribution is 2.37. The van der Waals surface area contributed by atoms with Crippen LogP contribution in [0.2, 0.25) is 0 Å². The van der Waals surface area contributed by atoms with Crippen LogP contribution < -0.4 is 15.1 Å². The van der Waals surface area contributed by atoms with E-state index >= 15 is 0 Å². The fraction of sp³-hybridized carbons (Fsp3) is 0.439. The monoisotopic (exact) mass is 790 g/mol. The summed E-state index contributed by atoms with van der Waals surface area (Å²) in [5.74, 6) is 2.17. The number of fused-ring (bicyclic) bond motifs is 2. The van der Waals surface area contributed by atoms with E-state index in [9.17, 15) is 4.79 Å². The SMILES string of the molecule is CCN(CCN1CCSc2cc(CC(=N)c3cccs3)ccc21)C(=O)OC(C)(C)C.CCNCCN1CCSc2cc(CC(=N)c3cccs3)ccc21. The van der Waals surface area contributed by atoms with Gasteiger partial charge in [0, 0.05) is 89.7 Å². The summed E-state index contributed by atoms with van der Waals surface area (Å²) in [4.78, 5) is 23.7. The van der Waals surface area contributed by atoms with Crippen molar-refractivity contribution in [3.63, 3.8) is 0 Å². The van der Waals surface area contributed by atoms with Crippen molar-refractivity contribution in [2.75, 3.05) is 73.7 Å². The van der Waals surface area contributed by atoms with E-state index in [0.29, 0.717) is 37.4 Å². The molecular weight excluding hydrogens is 737 g/mol.